The van der Waals surface area contributed by atoms with Gasteiger partial charge in [-0.3, -0.25) is 4.79 Å². The normalized spacial score (nSPS) is 18.7. The first-order chi connectivity index (χ1) is 8.96. The zero-order valence-corrected chi connectivity index (χ0v) is 11.2. The van der Waals surface area contributed by atoms with Crippen LogP contribution < -0.4 is 5.73 Å². The molecule has 4 nitrogen and oxygen atoms in total. The van der Waals surface area contributed by atoms with Crippen LogP contribution in [0.25, 0.3) is 6.08 Å². The maximum Gasteiger partial charge on any atom is 0.246 e. The Morgan fingerprint density at radius 2 is 1.89 bits per heavy atom. The standard InChI is InChI=1S/C15H20N2O2/c1-15(19)8-10-17(11-9-15)14(18)7-4-12-2-5-13(16)6-3-12/h2-7,19H,8-11,16H2,1H3/b7-4+. The second-order valence-electron chi connectivity index (χ2n) is 5.32. The maximum absolute atomic E-state index is 12.0. The van der Waals surface area contributed by atoms with Gasteiger partial charge in [0.05, 0.1) is 5.60 Å². The van der Waals surface area contributed by atoms with Gasteiger partial charge in [0.1, 0.15) is 0 Å². The van der Waals surface area contributed by atoms with Crippen LogP contribution >= 0.6 is 0 Å². The van der Waals surface area contributed by atoms with E-state index in [1.54, 1.807) is 17.1 Å². The number of anilines is 1. The molecule has 4 heteroatoms. The fraction of sp³-hybridized carbons (Fsp3) is 0.400. The molecule has 2 rings (SSSR count). The number of nitrogen functional groups attached to an aromatic ring is 1. The Kier molecular flexibility index (Phi) is 3.90. The molecule has 0 atom stereocenters. The Morgan fingerprint density at radius 3 is 2.47 bits per heavy atom. The van der Waals surface area contributed by atoms with Gasteiger partial charge >= 0.3 is 0 Å². The van der Waals surface area contributed by atoms with E-state index in [1.165, 1.54) is 0 Å². The summed E-state index contributed by atoms with van der Waals surface area (Å²) >= 11 is 0. The molecule has 1 amide bonds. The third kappa shape index (κ3) is 3.83. The molecule has 1 aliphatic heterocycles. The third-order valence-electron chi connectivity index (χ3n) is 3.51. The van der Waals surface area contributed by atoms with E-state index < -0.39 is 5.60 Å². The largest absolute Gasteiger partial charge is 0.399 e. The Labute approximate surface area is 113 Å². The molecule has 0 aromatic heterocycles. The summed E-state index contributed by atoms with van der Waals surface area (Å²) in [4.78, 5) is 13.8. The summed E-state index contributed by atoms with van der Waals surface area (Å²) in [6, 6.07) is 7.37. The maximum atomic E-state index is 12.0. The van der Waals surface area contributed by atoms with Crippen LogP contribution in [-0.2, 0) is 4.79 Å². The lowest BCUT2D eigenvalue weighted by molar-refractivity contribution is -0.129. The van der Waals surface area contributed by atoms with Crippen molar-refractivity contribution in [2.75, 3.05) is 18.8 Å². The van der Waals surface area contributed by atoms with Crippen LogP contribution in [0.5, 0.6) is 0 Å². The lowest BCUT2D eigenvalue weighted by atomic mass is 9.94. The van der Waals surface area contributed by atoms with Crippen molar-refractivity contribution < 1.29 is 9.90 Å². The zero-order valence-electron chi connectivity index (χ0n) is 11.2. The van der Waals surface area contributed by atoms with E-state index in [-0.39, 0.29) is 5.91 Å². The fourth-order valence-electron chi connectivity index (χ4n) is 2.09. The zero-order chi connectivity index (χ0) is 13.9. The summed E-state index contributed by atoms with van der Waals surface area (Å²) in [5.41, 5.74) is 6.63. The molecule has 0 unspecified atom stereocenters. The number of carbonyl (C=O) groups excluding carboxylic acids is 1. The van der Waals surface area contributed by atoms with Crippen LogP contribution in [0.1, 0.15) is 25.3 Å². The number of nitrogens with two attached hydrogens (primary N) is 1. The summed E-state index contributed by atoms with van der Waals surface area (Å²) < 4.78 is 0. The average molecular weight is 260 g/mol. The second-order valence-corrected chi connectivity index (χ2v) is 5.32. The van der Waals surface area contributed by atoms with Gasteiger partial charge in [-0.1, -0.05) is 12.1 Å². The van der Waals surface area contributed by atoms with Crippen molar-refractivity contribution in [3.05, 3.63) is 35.9 Å². The van der Waals surface area contributed by atoms with Crippen LogP contribution in [0.15, 0.2) is 30.3 Å². The first kappa shape index (κ1) is 13.6. The number of piperidine rings is 1. The number of likely N-dealkylation sites (tertiary alicyclic amines) is 1. The van der Waals surface area contributed by atoms with Crippen LogP contribution in [-0.4, -0.2) is 34.6 Å². The molecule has 1 saturated heterocycles. The second kappa shape index (κ2) is 5.45. The van der Waals surface area contributed by atoms with E-state index in [2.05, 4.69) is 0 Å². The van der Waals surface area contributed by atoms with Gasteiger partial charge in [0, 0.05) is 24.9 Å². The monoisotopic (exact) mass is 260 g/mol. The number of hydrogen-bond donors (Lipinski definition) is 2. The van der Waals surface area contributed by atoms with Crippen molar-refractivity contribution in [3.63, 3.8) is 0 Å². The molecule has 1 heterocycles. The Balaban J connectivity index is 1.92. The van der Waals surface area contributed by atoms with E-state index in [4.69, 9.17) is 5.73 Å². The molecule has 0 spiro atoms. The van der Waals surface area contributed by atoms with Crippen LogP contribution in [0.2, 0.25) is 0 Å². The molecular weight excluding hydrogens is 240 g/mol. The number of rotatable bonds is 2. The van der Waals surface area contributed by atoms with Gasteiger partial charge in [0.15, 0.2) is 0 Å². The molecule has 102 valence electrons. The quantitative estimate of drug-likeness (QED) is 0.627. The number of benzene rings is 1. The number of carbonyl (C=O) groups is 1. The highest BCUT2D eigenvalue weighted by molar-refractivity contribution is 5.91. The van der Waals surface area contributed by atoms with E-state index in [0.717, 1.165) is 5.56 Å². The van der Waals surface area contributed by atoms with Crippen LogP contribution in [0.4, 0.5) is 5.69 Å². The van der Waals surface area contributed by atoms with Crippen molar-refractivity contribution in [2.45, 2.75) is 25.4 Å². The molecule has 1 fully saturated rings. The highest BCUT2D eigenvalue weighted by Gasteiger charge is 2.28. The Hall–Kier alpha value is -1.81. The highest BCUT2D eigenvalue weighted by Crippen LogP contribution is 2.21. The molecular formula is C15H20N2O2. The van der Waals surface area contributed by atoms with Crippen LogP contribution in [0.3, 0.4) is 0 Å². The van der Waals surface area contributed by atoms with E-state index >= 15 is 0 Å². The van der Waals surface area contributed by atoms with E-state index in [9.17, 15) is 9.90 Å². The predicted molar refractivity (Wildman–Crippen MR) is 76.3 cm³/mol. The molecule has 0 saturated carbocycles. The van der Waals surface area contributed by atoms with Crippen molar-refractivity contribution in [2.24, 2.45) is 0 Å². The lowest BCUT2D eigenvalue weighted by Crippen LogP contribution is -2.44. The van der Waals surface area contributed by atoms with Gasteiger partial charge in [-0.05, 0) is 43.5 Å². The first-order valence-electron chi connectivity index (χ1n) is 6.51. The smallest absolute Gasteiger partial charge is 0.246 e. The van der Waals surface area contributed by atoms with Gasteiger partial charge in [0.25, 0.3) is 0 Å². The molecule has 1 aromatic carbocycles. The summed E-state index contributed by atoms with van der Waals surface area (Å²) in [6.45, 7) is 3.04. The Morgan fingerprint density at radius 1 is 1.32 bits per heavy atom. The highest BCUT2D eigenvalue weighted by atomic mass is 16.3. The minimum atomic E-state index is -0.628. The molecule has 19 heavy (non-hydrogen) atoms. The predicted octanol–water partition coefficient (Wildman–Crippen LogP) is 1.66. The van der Waals surface area contributed by atoms with Crippen molar-refractivity contribution >= 4 is 17.7 Å². The Bertz CT molecular complexity index is 467. The molecule has 1 aromatic rings. The topological polar surface area (TPSA) is 66.6 Å². The van der Waals surface area contributed by atoms with Crippen LogP contribution in [0, 0.1) is 0 Å². The summed E-state index contributed by atoms with van der Waals surface area (Å²) in [5.74, 6) is -0.00711. The molecule has 0 radical (unpaired) electrons. The minimum absolute atomic E-state index is 0.00711. The van der Waals surface area contributed by atoms with Gasteiger partial charge in [-0.25, -0.2) is 0 Å². The van der Waals surface area contributed by atoms with Crippen molar-refractivity contribution in [1.82, 2.24) is 4.90 Å². The molecule has 1 aliphatic rings. The van der Waals surface area contributed by atoms with Gasteiger partial charge in [-0.15, -0.1) is 0 Å². The van der Waals surface area contributed by atoms with Crippen molar-refractivity contribution in [1.29, 1.82) is 0 Å². The molecule has 3 N–H and O–H groups in total. The minimum Gasteiger partial charge on any atom is -0.399 e. The van der Waals surface area contributed by atoms with Gasteiger partial charge < -0.3 is 15.7 Å². The lowest BCUT2D eigenvalue weighted by Gasteiger charge is -2.35. The van der Waals surface area contributed by atoms with Crippen molar-refractivity contribution in [3.8, 4) is 0 Å². The summed E-state index contributed by atoms with van der Waals surface area (Å²) in [6.07, 6.45) is 4.63. The van der Waals surface area contributed by atoms with Gasteiger partial charge in [0.2, 0.25) is 5.91 Å². The molecule has 0 aliphatic carbocycles. The molecule has 0 bridgehead atoms. The average Bonchev–Trinajstić information content (AvgIpc) is 2.37. The van der Waals surface area contributed by atoms with E-state index in [1.807, 2.05) is 31.2 Å². The number of hydrogen-bond acceptors (Lipinski definition) is 3. The number of amides is 1. The number of nitrogens with zero attached hydrogens (tertiary/aromatic N) is 1. The first-order valence-corrected chi connectivity index (χ1v) is 6.51. The number of aliphatic hydroxyl groups is 1. The fourth-order valence-corrected chi connectivity index (χ4v) is 2.09. The van der Waals surface area contributed by atoms with Gasteiger partial charge in [-0.2, -0.15) is 0 Å². The van der Waals surface area contributed by atoms with E-state index in [0.29, 0.717) is 31.6 Å². The summed E-state index contributed by atoms with van der Waals surface area (Å²) in [5, 5.41) is 9.84. The summed E-state index contributed by atoms with van der Waals surface area (Å²) in [7, 11) is 0. The third-order valence-corrected chi connectivity index (χ3v) is 3.51. The SMILES string of the molecule is CC1(O)CCN(C(=O)/C=C/c2ccc(N)cc2)CC1.